The van der Waals surface area contributed by atoms with Crippen LogP contribution in [0.3, 0.4) is 0 Å². The monoisotopic (exact) mass is 292 g/mol. The Morgan fingerprint density at radius 2 is 1.91 bits per heavy atom. The highest BCUT2D eigenvalue weighted by molar-refractivity contribution is 5.35. The van der Waals surface area contributed by atoms with Gasteiger partial charge in [-0.15, -0.1) is 0 Å². The Hall–Kier alpha value is -2.15. The van der Waals surface area contributed by atoms with Crippen LogP contribution in [0.2, 0.25) is 0 Å². The molecular formula is C19H20N2O. The molecule has 0 saturated heterocycles. The fourth-order valence-electron chi connectivity index (χ4n) is 3.31. The van der Waals surface area contributed by atoms with Crippen molar-refractivity contribution < 1.29 is 5.11 Å². The van der Waals surface area contributed by atoms with Crippen LogP contribution in [0.1, 0.15) is 34.7 Å². The summed E-state index contributed by atoms with van der Waals surface area (Å²) in [7, 11) is 0. The van der Waals surface area contributed by atoms with Gasteiger partial charge in [-0.3, -0.25) is 4.90 Å². The van der Waals surface area contributed by atoms with Crippen LogP contribution >= 0.6 is 0 Å². The third kappa shape index (κ3) is 3.04. The Bertz CT molecular complexity index is 673. The molecule has 2 aromatic carbocycles. The predicted molar refractivity (Wildman–Crippen MR) is 86.2 cm³/mol. The van der Waals surface area contributed by atoms with Gasteiger partial charge in [0.25, 0.3) is 0 Å². The lowest BCUT2D eigenvalue weighted by atomic mass is 10.1. The van der Waals surface area contributed by atoms with Gasteiger partial charge in [-0.25, -0.2) is 0 Å². The highest BCUT2D eigenvalue weighted by Crippen LogP contribution is 2.36. The lowest BCUT2D eigenvalue weighted by molar-refractivity contribution is 0.143. The van der Waals surface area contributed by atoms with Gasteiger partial charge in [0.15, 0.2) is 0 Å². The van der Waals surface area contributed by atoms with Gasteiger partial charge in [0.2, 0.25) is 0 Å². The quantitative estimate of drug-likeness (QED) is 0.921. The van der Waals surface area contributed by atoms with E-state index < -0.39 is 0 Å². The predicted octanol–water partition coefficient (Wildman–Crippen LogP) is 3.04. The third-order valence-electron chi connectivity index (χ3n) is 4.40. The van der Waals surface area contributed by atoms with Crippen molar-refractivity contribution in [1.82, 2.24) is 4.90 Å². The maximum atomic E-state index is 9.42. The largest absolute Gasteiger partial charge is 0.395 e. The van der Waals surface area contributed by atoms with Crippen LogP contribution in [0.4, 0.5) is 0 Å². The summed E-state index contributed by atoms with van der Waals surface area (Å²) in [5.74, 6) is 0. The van der Waals surface area contributed by atoms with Gasteiger partial charge in [-0.2, -0.15) is 5.26 Å². The fraction of sp³-hybridized carbons (Fsp3) is 0.316. The first-order chi connectivity index (χ1) is 10.8. The second-order valence-electron chi connectivity index (χ2n) is 5.76. The summed E-state index contributed by atoms with van der Waals surface area (Å²) >= 11 is 0. The van der Waals surface area contributed by atoms with Crippen LogP contribution in [-0.2, 0) is 13.0 Å². The van der Waals surface area contributed by atoms with E-state index >= 15 is 0 Å². The molecule has 1 N–H and O–H groups in total. The number of benzene rings is 2. The molecule has 0 heterocycles. The highest BCUT2D eigenvalue weighted by Gasteiger charge is 2.27. The van der Waals surface area contributed by atoms with Crippen LogP contribution in [0.5, 0.6) is 0 Å². The molecule has 0 aliphatic heterocycles. The number of aliphatic hydroxyl groups excluding tert-OH is 1. The molecule has 1 atom stereocenters. The third-order valence-corrected chi connectivity index (χ3v) is 4.40. The number of nitrogens with zero attached hydrogens (tertiary/aromatic N) is 2. The molecule has 0 amide bonds. The number of hydrogen-bond acceptors (Lipinski definition) is 3. The zero-order chi connectivity index (χ0) is 15.4. The molecule has 2 aromatic rings. The smallest absolute Gasteiger partial charge is 0.0991 e. The number of rotatable bonds is 5. The lowest BCUT2D eigenvalue weighted by Crippen LogP contribution is -2.30. The Labute approximate surface area is 131 Å². The average Bonchev–Trinajstić information content (AvgIpc) is 2.99. The highest BCUT2D eigenvalue weighted by atomic mass is 16.3. The Balaban J connectivity index is 1.80. The van der Waals surface area contributed by atoms with E-state index in [0.29, 0.717) is 18.2 Å². The van der Waals surface area contributed by atoms with Gasteiger partial charge in [-0.05, 0) is 41.7 Å². The van der Waals surface area contributed by atoms with Gasteiger partial charge in [0.1, 0.15) is 0 Å². The van der Waals surface area contributed by atoms with Crippen molar-refractivity contribution in [1.29, 1.82) is 5.26 Å². The normalized spacial score (nSPS) is 16.5. The van der Waals surface area contributed by atoms with Gasteiger partial charge < -0.3 is 5.11 Å². The first-order valence-electron chi connectivity index (χ1n) is 7.73. The fourth-order valence-corrected chi connectivity index (χ4v) is 3.31. The molecule has 1 aliphatic rings. The van der Waals surface area contributed by atoms with Gasteiger partial charge >= 0.3 is 0 Å². The first kappa shape index (κ1) is 14.8. The van der Waals surface area contributed by atoms with E-state index in [1.165, 1.54) is 16.7 Å². The van der Waals surface area contributed by atoms with Crippen LogP contribution in [0.25, 0.3) is 0 Å². The van der Waals surface area contributed by atoms with Crippen molar-refractivity contribution in [2.45, 2.75) is 25.4 Å². The molecule has 0 spiro atoms. The molecule has 3 nitrogen and oxygen atoms in total. The zero-order valence-electron chi connectivity index (χ0n) is 12.6. The molecule has 0 saturated carbocycles. The summed E-state index contributed by atoms with van der Waals surface area (Å²) in [4.78, 5) is 2.34. The summed E-state index contributed by atoms with van der Waals surface area (Å²) in [5, 5.41) is 18.3. The molecular weight excluding hydrogens is 272 g/mol. The van der Waals surface area contributed by atoms with Crippen molar-refractivity contribution in [3.63, 3.8) is 0 Å². The molecule has 0 radical (unpaired) electrons. The van der Waals surface area contributed by atoms with E-state index in [0.717, 1.165) is 19.4 Å². The van der Waals surface area contributed by atoms with E-state index in [4.69, 9.17) is 5.26 Å². The zero-order valence-corrected chi connectivity index (χ0v) is 12.6. The topological polar surface area (TPSA) is 47.3 Å². The van der Waals surface area contributed by atoms with Crippen molar-refractivity contribution in [2.75, 3.05) is 13.2 Å². The van der Waals surface area contributed by atoms with E-state index in [9.17, 15) is 5.11 Å². The summed E-state index contributed by atoms with van der Waals surface area (Å²) < 4.78 is 0. The first-order valence-corrected chi connectivity index (χ1v) is 7.73. The van der Waals surface area contributed by atoms with E-state index in [1.807, 2.05) is 24.3 Å². The molecule has 22 heavy (non-hydrogen) atoms. The number of nitriles is 1. The summed E-state index contributed by atoms with van der Waals surface area (Å²) in [6.07, 6.45) is 2.21. The molecule has 3 heteroatoms. The lowest BCUT2D eigenvalue weighted by Gasteiger charge is -2.29. The van der Waals surface area contributed by atoms with Crippen molar-refractivity contribution >= 4 is 0 Å². The summed E-state index contributed by atoms with van der Waals surface area (Å²) in [6.45, 7) is 1.62. The molecule has 0 bridgehead atoms. The van der Waals surface area contributed by atoms with E-state index in [-0.39, 0.29) is 6.61 Å². The molecule has 112 valence electrons. The van der Waals surface area contributed by atoms with Crippen LogP contribution in [-0.4, -0.2) is 23.2 Å². The Morgan fingerprint density at radius 1 is 1.14 bits per heavy atom. The second-order valence-corrected chi connectivity index (χ2v) is 5.76. The molecule has 1 unspecified atom stereocenters. The van der Waals surface area contributed by atoms with Crippen LogP contribution < -0.4 is 0 Å². The van der Waals surface area contributed by atoms with E-state index in [1.54, 1.807) is 0 Å². The Kier molecular flexibility index (Phi) is 4.53. The minimum absolute atomic E-state index is 0.162. The Morgan fingerprint density at radius 3 is 2.64 bits per heavy atom. The summed E-state index contributed by atoms with van der Waals surface area (Å²) in [6, 6.07) is 18.8. The number of aliphatic hydroxyl groups is 1. The maximum absolute atomic E-state index is 9.42. The average molecular weight is 292 g/mol. The van der Waals surface area contributed by atoms with Crippen molar-refractivity contribution in [3.8, 4) is 6.07 Å². The SMILES string of the molecule is N#Cc1ccc(CN(CCO)C2CCc3ccccc32)cc1. The van der Waals surface area contributed by atoms with Crippen molar-refractivity contribution in [3.05, 3.63) is 70.8 Å². The maximum Gasteiger partial charge on any atom is 0.0991 e. The number of fused-ring (bicyclic) bond motifs is 1. The molecule has 3 rings (SSSR count). The van der Waals surface area contributed by atoms with Gasteiger partial charge in [-0.1, -0.05) is 36.4 Å². The molecule has 0 aromatic heterocycles. The summed E-state index contributed by atoms with van der Waals surface area (Å²) in [5.41, 5.74) is 4.68. The second kappa shape index (κ2) is 6.74. The molecule has 1 aliphatic carbocycles. The van der Waals surface area contributed by atoms with Gasteiger partial charge in [0.05, 0.1) is 18.2 Å². The van der Waals surface area contributed by atoms with Crippen molar-refractivity contribution in [2.24, 2.45) is 0 Å². The van der Waals surface area contributed by atoms with Crippen LogP contribution in [0.15, 0.2) is 48.5 Å². The van der Waals surface area contributed by atoms with Gasteiger partial charge in [0, 0.05) is 19.1 Å². The minimum Gasteiger partial charge on any atom is -0.395 e. The van der Waals surface area contributed by atoms with Crippen LogP contribution in [0, 0.1) is 11.3 Å². The standard InChI is InChI=1S/C19H20N2O/c20-13-15-5-7-16(8-6-15)14-21(11-12-22)19-10-9-17-3-1-2-4-18(17)19/h1-8,19,22H,9-12,14H2. The molecule has 0 fully saturated rings. The van der Waals surface area contributed by atoms with E-state index in [2.05, 4.69) is 35.2 Å². The minimum atomic E-state index is 0.162. The number of hydrogen-bond donors (Lipinski definition) is 1. The number of aryl methyl sites for hydroxylation is 1.